The largest absolute Gasteiger partial charge is 0.310 e. The van der Waals surface area contributed by atoms with E-state index in [9.17, 15) is 0 Å². The van der Waals surface area contributed by atoms with E-state index in [2.05, 4.69) is 43.7 Å². The van der Waals surface area contributed by atoms with Gasteiger partial charge in [-0.25, -0.2) is 4.98 Å². The topological polar surface area (TPSA) is 66.5 Å². The van der Waals surface area contributed by atoms with Crippen molar-refractivity contribution in [2.24, 2.45) is 0 Å². The second-order valence-corrected chi connectivity index (χ2v) is 4.41. The second-order valence-electron chi connectivity index (χ2n) is 4.41. The standard InChI is InChI=1S/C14H15N5/c1-15-13(14-16-9-17-19-14)8-11-7-6-10-4-2-3-5-12(10)18-11/h2-7,9,13,15H,8H2,1H3,(H,16,17,19). The first-order valence-corrected chi connectivity index (χ1v) is 6.24. The Morgan fingerprint density at radius 1 is 1.21 bits per heavy atom. The van der Waals surface area contributed by atoms with Crippen LogP contribution in [0.2, 0.25) is 0 Å². The quantitative estimate of drug-likeness (QED) is 0.744. The summed E-state index contributed by atoms with van der Waals surface area (Å²) in [5, 5.41) is 11.2. The lowest BCUT2D eigenvalue weighted by Crippen LogP contribution is -2.20. The Labute approximate surface area is 111 Å². The van der Waals surface area contributed by atoms with Crippen molar-refractivity contribution >= 4 is 10.9 Å². The molecule has 2 N–H and O–H groups in total. The zero-order valence-electron chi connectivity index (χ0n) is 10.7. The van der Waals surface area contributed by atoms with Gasteiger partial charge >= 0.3 is 0 Å². The molecule has 0 aliphatic heterocycles. The highest BCUT2D eigenvalue weighted by Crippen LogP contribution is 2.16. The Bertz CT molecular complexity index is 662. The molecular formula is C14H15N5. The number of rotatable bonds is 4. The summed E-state index contributed by atoms with van der Waals surface area (Å²) in [6.07, 6.45) is 2.30. The SMILES string of the molecule is CNC(Cc1ccc2ccccc2n1)c1ncn[nH]1. The molecule has 0 saturated carbocycles. The van der Waals surface area contributed by atoms with Crippen molar-refractivity contribution in [3.8, 4) is 0 Å². The average molecular weight is 253 g/mol. The molecule has 96 valence electrons. The summed E-state index contributed by atoms with van der Waals surface area (Å²) in [6, 6.07) is 12.4. The minimum absolute atomic E-state index is 0.0937. The molecule has 0 aliphatic carbocycles. The molecule has 0 fully saturated rings. The fourth-order valence-corrected chi connectivity index (χ4v) is 2.15. The third-order valence-corrected chi connectivity index (χ3v) is 3.18. The molecule has 0 saturated heterocycles. The van der Waals surface area contributed by atoms with Gasteiger partial charge in [0.05, 0.1) is 11.6 Å². The number of benzene rings is 1. The molecule has 5 nitrogen and oxygen atoms in total. The summed E-state index contributed by atoms with van der Waals surface area (Å²) in [4.78, 5) is 8.86. The molecule has 3 aromatic rings. The first-order valence-electron chi connectivity index (χ1n) is 6.24. The molecule has 1 unspecified atom stereocenters. The van der Waals surface area contributed by atoms with Crippen LogP contribution in [0.5, 0.6) is 0 Å². The van der Waals surface area contributed by atoms with Crippen LogP contribution in [-0.2, 0) is 6.42 Å². The predicted octanol–water partition coefficient (Wildman–Crippen LogP) is 1.86. The summed E-state index contributed by atoms with van der Waals surface area (Å²) in [5.41, 5.74) is 2.06. The number of fused-ring (bicyclic) bond motifs is 1. The van der Waals surface area contributed by atoms with Gasteiger partial charge in [0.25, 0.3) is 0 Å². The molecular weight excluding hydrogens is 238 g/mol. The average Bonchev–Trinajstić information content (AvgIpc) is 2.98. The van der Waals surface area contributed by atoms with Crippen LogP contribution < -0.4 is 5.32 Å². The zero-order valence-corrected chi connectivity index (χ0v) is 10.7. The Morgan fingerprint density at radius 3 is 2.89 bits per heavy atom. The zero-order chi connectivity index (χ0) is 13.1. The van der Waals surface area contributed by atoms with Gasteiger partial charge in [0.15, 0.2) is 0 Å². The number of H-pyrrole nitrogens is 1. The number of hydrogen-bond donors (Lipinski definition) is 2. The predicted molar refractivity (Wildman–Crippen MR) is 73.6 cm³/mol. The summed E-state index contributed by atoms with van der Waals surface area (Å²) in [5.74, 6) is 0.831. The van der Waals surface area contributed by atoms with Crippen molar-refractivity contribution in [1.29, 1.82) is 0 Å². The van der Waals surface area contributed by atoms with Crippen molar-refractivity contribution in [1.82, 2.24) is 25.5 Å². The number of nitrogens with one attached hydrogen (secondary N) is 2. The van der Waals surface area contributed by atoms with E-state index >= 15 is 0 Å². The van der Waals surface area contributed by atoms with Gasteiger partial charge in [0.2, 0.25) is 0 Å². The summed E-state index contributed by atoms with van der Waals surface area (Å²) >= 11 is 0. The lowest BCUT2D eigenvalue weighted by atomic mass is 10.1. The van der Waals surface area contributed by atoms with Crippen molar-refractivity contribution < 1.29 is 0 Å². The first-order chi connectivity index (χ1) is 9.36. The van der Waals surface area contributed by atoms with Crippen molar-refractivity contribution in [2.45, 2.75) is 12.5 Å². The smallest absolute Gasteiger partial charge is 0.141 e. The van der Waals surface area contributed by atoms with E-state index in [0.717, 1.165) is 28.8 Å². The summed E-state index contributed by atoms with van der Waals surface area (Å²) < 4.78 is 0. The van der Waals surface area contributed by atoms with Gasteiger partial charge in [-0.15, -0.1) is 0 Å². The fraction of sp³-hybridized carbons (Fsp3) is 0.214. The molecule has 3 rings (SSSR count). The van der Waals surface area contributed by atoms with Gasteiger partial charge < -0.3 is 5.32 Å². The molecule has 5 heteroatoms. The van der Waals surface area contributed by atoms with Crippen LogP contribution in [0.25, 0.3) is 10.9 Å². The molecule has 2 aromatic heterocycles. The summed E-state index contributed by atoms with van der Waals surface area (Å²) in [6.45, 7) is 0. The lowest BCUT2D eigenvalue weighted by molar-refractivity contribution is 0.554. The van der Waals surface area contributed by atoms with Gasteiger partial charge in [-0.2, -0.15) is 5.10 Å². The maximum Gasteiger partial charge on any atom is 0.141 e. The van der Waals surface area contributed by atoms with Crippen molar-refractivity contribution in [2.75, 3.05) is 7.05 Å². The van der Waals surface area contributed by atoms with Gasteiger partial charge in [-0.3, -0.25) is 10.1 Å². The van der Waals surface area contributed by atoms with Crippen LogP contribution >= 0.6 is 0 Å². The Morgan fingerprint density at radius 2 is 2.11 bits per heavy atom. The van der Waals surface area contributed by atoms with Crippen LogP contribution in [0, 0.1) is 0 Å². The van der Waals surface area contributed by atoms with Gasteiger partial charge in [-0.05, 0) is 19.2 Å². The molecule has 0 bridgehead atoms. The van der Waals surface area contributed by atoms with Gasteiger partial charge in [-0.1, -0.05) is 24.3 Å². The molecule has 0 radical (unpaired) electrons. The van der Waals surface area contributed by atoms with Gasteiger partial charge in [0.1, 0.15) is 12.2 Å². The van der Waals surface area contributed by atoms with E-state index in [0.29, 0.717) is 0 Å². The fourth-order valence-electron chi connectivity index (χ4n) is 2.15. The number of pyridine rings is 1. The van der Waals surface area contributed by atoms with Crippen molar-refractivity contribution in [3.63, 3.8) is 0 Å². The maximum atomic E-state index is 4.67. The van der Waals surface area contributed by atoms with E-state index in [1.54, 1.807) is 0 Å². The molecule has 1 aromatic carbocycles. The highest BCUT2D eigenvalue weighted by molar-refractivity contribution is 5.78. The normalized spacial score (nSPS) is 12.7. The Hall–Kier alpha value is -2.27. The number of hydrogen-bond acceptors (Lipinski definition) is 4. The third kappa shape index (κ3) is 2.46. The van der Waals surface area contributed by atoms with Gasteiger partial charge in [0, 0.05) is 17.5 Å². The van der Waals surface area contributed by atoms with Crippen LogP contribution in [0.1, 0.15) is 17.6 Å². The molecule has 19 heavy (non-hydrogen) atoms. The molecule has 0 spiro atoms. The maximum absolute atomic E-state index is 4.67. The monoisotopic (exact) mass is 253 g/mol. The minimum atomic E-state index is 0.0937. The highest BCUT2D eigenvalue weighted by atomic mass is 15.2. The van der Waals surface area contributed by atoms with E-state index in [1.165, 1.54) is 6.33 Å². The van der Waals surface area contributed by atoms with E-state index in [1.807, 2.05) is 25.2 Å². The van der Waals surface area contributed by atoms with Crippen LogP contribution in [0.4, 0.5) is 0 Å². The Kier molecular flexibility index (Phi) is 3.20. The molecule has 1 atom stereocenters. The number of aromatic nitrogens is 4. The van der Waals surface area contributed by atoms with Crippen molar-refractivity contribution in [3.05, 3.63) is 54.2 Å². The first kappa shape index (κ1) is 11.8. The number of likely N-dealkylation sites (N-methyl/N-ethyl adjacent to an activating group) is 1. The number of para-hydroxylation sites is 1. The van der Waals surface area contributed by atoms with Crippen LogP contribution in [-0.4, -0.2) is 27.2 Å². The van der Waals surface area contributed by atoms with E-state index in [4.69, 9.17) is 0 Å². The second kappa shape index (κ2) is 5.16. The Balaban J connectivity index is 1.88. The van der Waals surface area contributed by atoms with Crippen LogP contribution in [0.3, 0.4) is 0 Å². The van der Waals surface area contributed by atoms with E-state index in [-0.39, 0.29) is 6.04 Å². The molecule has 2 heterocycles. The van der Waals surface area contributed by atoms with Crippen LogP contribution in [0.15, 0.2) is 42.7 Å². The highest BCUT2D eigenvalue weighted by Gasteiger charge is 2.13. The third-order valence-electron chi connectivity index (χ3n) is 3.18. The lowest BCUT2D eigenvalue weighted by Gasteiger charge is -2.12. The molecule has 0 aliphatic rings. The number of nitrogens with zero attached hydrogens (tertiary/aromatic N) is 3. The molecule has 0 amide bonds. The van der Waals surface area contributed by atoms with E-state index < -0.39 is 0 Å². The minimum Gasteiger partial charge on any atom is -0.310 e. The summed E-state index contributed by atoms with van der Waals surface area (Å²) in [7, 11) is 1.91. The number of aromatic amines is 1.